The quantitative estimate of drug-likeness (QED) is 0.744. The van der Waals surface area contributed by atoms with Gasteiger partial charge in [-0.15, -0.1) is 0 Å². The van der Waals surface area contributed by atoms with Crippen LogP contribution >= 0.6 is 0 Å². The van der Waals surface area contributed by atoms with Crippen LogP contribution in [0.3, 0.4) is 0 Å². The summed E-state index contributed by atoms with van der Waals surface area (Å²) in [6.07, 6.45) is 4.30. The number of nitrogens with one attached hydrogen (secondary N) is 1. The molecular weight excluding hydrogens is 348 g/mol. The summed E-state index contributed by atoms with van der Waals surface area (Å²) in [5.41, 5.74) is 2.84. The Morgan fingerprint density at radius 2 is 1.46 bits per heavy atom. The second kappa shape index (κ2) is 8.89. The largest absolute Gasteiger partial charge is 0.468 e. The Balaban J connectivity index is 1.85. The van der Waals surface area contributed by atoms with Gasteiger partial charge in [-0.25, -0.2) is 0 Å². The number of esters is 1. The van der Waals surface area contributed by atoms with E-state index in [0.29, 0.717) is 0 Å². The third-order valence-corrected chi connectivity index (χ3v) is 6.55. The molecule has 3 rings (SSSR count). The van der Waals surface area contributed by atoms with E-state index in [1.54, 1.807) is 0 Å². The van der Waals surface area contributed by atoms with Crippen molar-refractivity contribution < 1.29 is 9.53 Å². The van der Waals surface area contributed by atoms with E-state index in [2.05, 4.69) is 85.0 Å². The average Bonchev–Trinajstić information content (AvgIpc) is 2.75. The Labute approximate surface area is 168 Å². The van der Waals surface area contributed by atoms with E-state index >= 15 is 0 Å². The zero-order chi connectivity index (χ0) is 20.0. The van der Waals surface area contributed by atoms with Gasteiger partial charge in [0.1, 0.15) is 0 Å². The molecule has 1 aliphatic carbocycles. The number of carbonyl (C=O) groups excluding carboxylic acids is 1. The molecule has 1 aliphatic rings. The molecule has 1 saturated carbocycles. The number of ether oxygens (including phenoxy) is 1. The number of rotatable bonds is 7. The standard InChI is InChI=1S/C24H32N2O2/c1-26(2)24(21-12-8-5-9-13-21)16-14-23(15-17-24,19-25-18-22(27)28-3)20-10-6-4-7-11-20/h4-13,25H,14-19H2,1-3H3. The van der Waals surface area contributed by atoms with E-state index in [1.165, 1.54) is 18.2 Å². The first kappa shape index (κ1) is 20.6. The maximum atomic E-state index is 11.6. The third kappa shape index (κ3) is 4.13. The molecule has 4 nitrogen and oxygen atoms in total. The number of benzene rings is 2. The van der Waals surface area contributed by atoms with E-state index in [4.69, 9.17) is 4.74 Å². The first-order valence-corrected chi connectivity index (χ1v) is 10.1. The maximum absolute atomic E-state index is 11.6. The molecule has 2 aromatic carbocycles. The molecule has 4 heteroatoms. The first-order chi connectivity index (χ1) is 13.5. The van der Waals surface area contributed by atoms with Gasteiger partial charge < -0.3 is 10.1 Å². The number of hydrogen-bond acceptors (Lipinski definition) is 4. The fraction of sp³-hybridized carbons (Fsp3) is 0.458. The van der Waals surface area contributed by atoms with E-state index in [0.717, 1.165) is 32.2 Å². The van der Waals surface area contributed by atoms with Crippen LogP contribution in [0.4, 0.5) is 0 Å². The van der Waals surface area contributed by atoms with Gasteiger partial charge in [0, 0.05) is 17.5 Å². The molecule has 2 aromatic rings. The minimum Gasteiger partial charge on any atom is -0.468 e. The molecule has 0 unspecified atom stereocenters. The lowest BCUT2D eigenvalue weighted by atomic mass is 9.62. The van der Waals surface area contributed by atoms with Crippen LogP contribution in [0.5, 0.6) is 0 Å². The van der Waals surface area contributed by atoms with Gasteiger partial charge in [-0.3, -0.25) is 9.69 Å². The van der Waals surface area contributed by atoms with E-state index in [9.17, 15) is 4.79 Å². The second-order valence-electron chi connectivity index (χ2n) is 8.12. The van der Waals surface area contributed by atoms with Crippen molar-refractivity contribution in [2.45, 2.75) is 36.6 Å². The Morgan fingerprint density at radius 1 is 0.929 bits per heavy atom. The summed E-state index contributed by atoms with van der Waals surface area (Å²) in [5, 5.41) is 3.35. The number of nitrogens with zero attached hydrogens (tertiary/aromatic N) is 1. The SMILES string of the molecule is COC(=O)CNCC1(c2ccccc2)CCC(c2ccccc2)(N(C)C)CC1. The van der Waals surface area contributed by atoms with Gasteiger partial charge >= 0.3 is 5.97 Å². The molecule has 0 aliphatic heterocycles. The van der Waals surface area contributed by atoms with Crippen LogP contribution < -0.4 is 5.32 Å². The van der Waals surface area contributed by atoms with Crippen molar-refractivity contribution >= 4 is 5.97 Å². The van der Waals surface area contributed by atoms with Crippen LogP contribution in [-0.2, 0) is 20.5 Å². The summed E-state index contributed by atoms with van der Waals surface area (Å²) in [5.74, 6) is -0.217. The number of carbonyl (C=O) groups is 1. The van der Waals surface area contributed by atoms with Crippen molar-refractivity contribution in [1.29, 1.82) is 0 Å². The fourth-order valence-electron chi connectivity index (χ4n) is 4.72. The molecule has 0 spiro atoms. The summed E-state index contributed by atoms with van der Waals surface area (Å²) in [6.45, 7) is 1.03. The molecular formula is C24H32N2O2. The predicted molar refractivity (Wildman–Crippen MR) is 113 cm³/mol. The molecule has 1 fully saturated rings. The lowest BCUT2D eigenvalue weighted by Gasteiger charge is -2.50. The van der Waals surface area contributed by atoms with Gasteiger partial charge in [-0.2, -0.15) is 0 Å². The van der Waals surface area contributed by atoms with Gasteiger partial charge in [0.15, 0.2) is 0 Å². The lowest BCUT2D eigenvalue weighted by Crippen LogP contribution is -2.51. The van der Waals surface area contributed by atoms with Gasteiger partial charge in [-0.1, -0.05) is 60.7 Å². The molecule has 0 aromatic heterocycles. The average molecular weight is 381 g/mol. The molecule has 150 valence electrons. The monoisotopic (exact) mass is 380 g/mol. The van der Waals surface area contributed by atoms with Gasteiger partial charge in [0.25, 0.3) is 0 Å². The van der Waals surface area contributed by atoms with Crippen LogP contribution in [0.15, 0.2) is 60.7 Å². The highest BCUT2D eigenvalue weighted by molar-refractivity contribution is 5.71. The zero-order valence-electron chi connectivity index (χ0n) is 17.3. The molecule has 0 radical (unpaired) electrons. The second-order valence-corrected chi connectivity index (χ2v) is 8.12. The van der Waals surface area contributed by atoms with Crippen LogP contribution in [0.2, 0.25) is 0 Å². The predicted octanol–water partition coefficient (Wildman–Crippen LogP) is 3.72. The Morgan fingerprint density at radius 3 is 1.96 bits per heavy atom. The molecule has 28 heavy (non-hydrogen) atoms. The highest BCUT2D eigenvalue weighted by Crippen LogP contribution is 2.49. The van der Waals surface area contributed by atoms with E-state index in [-0.39, 0.29) is 23.5 Å². The Hall–Kier alpha value is -2.17. The van der Waals surface area contributed by atoms with E-state index in [1.807, 2.05) is 0 Å². The number of methoxy groups -OCH3 is 1. The van der Waals surface area contributed by atoms with Crippen molar-refractivity contribution in [3.05, 3.63) is 71.8 Å². The van der Waals surface area contributed by atoms with Crippen LogP contribution in [0, 0.1) is 0 Å². The third-order valence-electron chi connectivity index (χ3n) is 6.55. The molecule has 0 amide bonds. The van der Waals surface area contributed by atoms with E-state index < -0.39 is 0 Å². The molecule has 1 N–H and O–H groups in total. The summed E-state index contributed by atoms with van der Waals surface area (Å²) in [6, 6.07) is 21.6. The van der Waals surface area contributed by atoms with Gasteiger partial charge in [0.2, 0.25) is 0 Å². The fourth-order valence-corrected chi connectivity index (χ4v) is 4.72. The summed E-state index contributed by atoms with van der Waals surface area (Å²) in [7, 11) is 5.82. The number of hydrogen-bond donors (Lipinski definition) is 1. The molecule has 0 atom stereocenters. The summed E-state index contributed by atoms with van der Waals surface area (Å²) in [4.78, 5) is 14.0. The van der Waals surface area contributed by atoms with Crippen LogP contribution in [-0.4, -0.2) is 45.2 Å². The molecule has 0 saturated heterocycles. The smallest absolute Gasteiger partial charge is 0.319 e. The van der Waals surface area contributed by atoms with Crippen molar-refractivity contribution in [2.24, 2.45) is 0 Å². The maximum Gasteiger partial charge on any atom is 0.319 e. The normalized spacial score (nSPS) is 24.9. The summed E-state index contributed by atoms with van der Waals surface area (Å²) < 4.78 is 4.79. The molecule has 0 bridgehead atoms. The van der Waals surface area contributed by atoms with Crippen LogP contribution in [0.1, 0.15) is 36.8 Å². The van der Waals surface area contributed by atoms with Crippen molar-refractivity contribution in [2.75, 3.05) is 34.3 Å². The Kier molecular flexibility index (Phi) is 6.53. The first-order valence-electron chi connectivity index (χ1n) is 10.1. The zero-order valence-corrected chi connectivity index (χ0v) is 17.3. The van der Waals surface area contributed by atoms with Gasteiger partial charge in [-0.05, 0) is 50.9 Å². The van der Waals surface area contributed by atoms with Crippen LogP contribution in [0.25, 0.3) is 0 Å². The lowest BCUT2D eigenvalue weighted by molar-refractivity contribution is -0.139. The topological polar surface area (TPSA) is 41.6 Å². The van der Waals surface area contributed by atoms with Crippen molar-refractivity contribution in [3.8, 4) is 0 Å². The summed E-state index contributed by atoms with van der Waals surface area (Å²) >= 11 is 0. The van der Waals surface area contributed by atoms with Gasteiger partial charge in [0.05, 0.1) is 13.7 Å². The van der Waals surface area contributed by atoms with Crippen molar-refractivity contribution in [3.63, 3.8) is 0 Å². The Bertz CT molecular complexity index is 751. The minimum absolute atomic E-state index is 0.0313. The highest BCUT2D eigenvalue weighted by Gasteiger charge is 2.45. The molecule has 0 heterocycles. The van der Waals surface area contributed by atoms with Crippen molar-refractivity contribution in [1.82, 2.24) is 10.2 Å². The highest BCUT2D eigenvalue weighted by atomic mass is 16.5. The minimum atomic E-state index is -0.217.